The minimum atomic E-state index is -0.681. The molecule has 8 nitrogen and oxygen atoms in total. The Bertz CT molecular complexity index is 1300. The summed E-state index contributed by atoms with van der Waals surface area (Å²) in [7, 11) is 1.49. The predicted octanol–water partition coefficient (Wildman–Crippen LogP) is 4.34. The number of nitriles is 1. The van der Waals surface area contributed by atoms with Crippen molar-refractivity contribution in [2.24, 2.45) is 5.73 Å². The Morgan fingerprint density at radius 2 is 2.03 bits per heavy atom. The van der Waals surface area contributed by atoms with Crippen LogP contribution in [-0.4, -0.2) is 24.1 Å². The fraction of sp³-hybridized carbons (Fsp3) is 0.143. The maximum atomic E-state index is 9.90. The first-order valence-corrected chi connectivity index (χ1v) is 9.86. The van der Waals surface area contributed by atoms with Crippen LogP contribution in [0.4, 0.5) is 0 Å². The number of aromatic amines is 1. The number of ether oxygens (including phenoxy) is 4. The Morgan fingerprint density at radius 1 is 1.23 bits per heavy atom. The Balaban J connectivity index is 1.76. The number of methoxy groups -OCH3 is 1. The summed E-state index contributed by atoms with van der Waals surface area (Å²) in [6.07, 6.45) is 0. The molecular weight excluding hydrogens is 443 g/mol. The van der Waals surface area contributed by atoms with Crippen molar-refractivity contribution in [2.45, 2.75) is 5.92 Å². The molecule has 2 aliphatic rings. The van der Waals surface area contributed by atoms with Crippen LogP contribution in [0.5, 0.6) is 23.1 Å². The average Bonchev–Trinajstić information content (AvgIpc) is 3.38. The summed E-state index contributed by atoms with van der Waals surface area (Å²) in [4.78, 5) is 0. The minimum Gasteiger partial charge on any atom is -0.495 e. The molecule has 1 aromatic heterocycles. The lowest BCUT2D eigenvalue weighted by Gasteiger charge is -2.26. The molecule has 2 aliphatic heterocycles. The lowest BCUT2D eigenvalue weighted by molar-refractivity contribution is 0.174. The van der Waals surface area contributed by atoms with Crippen LogP contribution in [0.15, 0.2) is 41.8 Å². The number of aromatic nitrogens is 2. The number of nitrogens with two attached hydrogens (primary N) is 1. The molecule has 0 aliphatic carbocycles. The van der Waals surface area contributed by atoms with Gasteiger partial charge in [-0.3, -0.25) is 5.10 Å². The summed E-state index contributed by atoms with van der Waals surface area (Å²) >= 11 is 12.7. The molecule has 1 atom stereocenters. The van der Waals surface area contributed by atoms with Gasteiger partial charge in [0, 0.05) is 16.1 Å². The number of nitrogens with one attached hydrogen (secondary N) is 1. The molecule has 3 N–H and O–H groups in total. The van der Waals surface area contributed by atoms with Crippen molar-refractivity contribution in [3.8, 4) is 40.5 Å². The summed E-state index contributed by atoms with van der Waals surface area (Å²) < 4.78 is 22.1. The maximum absolute atomic E-state index is 9.90. The molecule has 156 valence electrons. The van der Waals surface area contributed by atoms with Gasteiger partial charge in [0.05, 0.1) is 29.3 Å². The van der Waals surface area contributed by atoms with Gasteiger partial charge in [-0.05, 0) is 30.3 Å². The highest BCUT2D eigenvalue weighted by Gasteiger charge is 2.38. The molecule has 0 fully saturated rings. The Labute approximate surface area is 186 Å². The first-order valence-electron chi connectivity index (χ1n) is 9.10. The van der Waals surface area contributed by atoms with E-state index in [-0.39, 0.29) is 24.1 Å². The maximum Gasteiger partial charge on any atom is 0.244 e. The molecule has 10 heteroatoms. The van der Waals surface area contributed by atoms with Gasteiger partial charge in [-0.15, -0.1) is 5.10 Å². The second kappa shape index (κ2) is 7.30. The van der Waals surface area contributed by atoms with E-state index >= 15 is 0 Å². The summed E-state index contributed by atoms with van der Waals surface area (Å²) in [5.41, 5.74) is 8.79. The second-order valence-electron chi connectivity index (χ2n) is 6.82. The van der Waals surface area contributed by atoms with Gasteiger partial charge in [0.15, 0.2) is 11.5 Å². The highest BCUT2D eigenvalue weighted by Crippen LogP contribution is 2.50. The zero-order valence-corrected chi connectivity index (χ0v) is 17.5. The number of fused-ring (bicyclic) bond motifs is 2. The van der Waals surface area contributed by atoms with Gasteiger partial charge in [0.1, 0.15) is 17.4 Å². The molecule has 0 radical (unpaired) electrons. The molecule has 0 amide bonds. The number of hydrogen-bond acceptors (Lipinski definition) is 7. The van der Waals surface area contributed by atoms with E-state index in [4.69, 9.17) is 47.9 Å². The van der Waals surface area contributed by atoms with Crippen LogP contribution in [0.2, 0.25) is 10.0 Å². The zero-order chi connectivity index (χ0) is 21.7. The van der Waals surface area contributed by atoms with Crippen molar-refractivity contribution in [1.82, 2.24) is 10.2 Å². The van der Waals surface area contributed by atoms with E-state index in [2.05, 4.69) is 16.3 Å². The molecular formula is C21H14Cl2N4O4. The van der Waals surface area contributed by atoms with E-state index in [9.17, 15) is 5.26 Å². The van der Waals surface area contributed by atoms with Crippen LogP contribution in [0.25, 0.3) is 11.3 Å². The van der Waals surface area contributed by atoms with Gasteiger partial charge in [-0.1, -0.05) is 23.2 Å². The molecule has 5 rings (SSSR count). The van der Waals surface area contributed by atoms with Crippen molar-refractivity contribution >= 4 is 23.2 Å². The molecule has 3 heterocycles. The Kier molecular flexibility index (Phi) is 4.58. The van der Waals surface area contributed by atoms with E-state index in [1.807, 2.05) is 12.1 Å². The van der Waals surface area contributed by atoms with Gasteiger partial charge >= 0.3 is 0 Å². The summed E-state index contributed by atoms with van der Waals surface area (Å²) in [5.74, 6) is 1.14. The van der Waals surface area contributed by atoms with Crippen LogP contribution in [0.3, 0.4) is 0 Å². The van der Waals surface area contributed by atoms with Crippen molar-refractivity contribution in [3.63, 3.8) is 0 Å². The van der Waals surface area contributed by atoms with Gasteiger partial charge in [0.2, 0.25) is 18.6 Å². The number of allylic oxidation sites excluding steroid dienone is 1. The minimum absolute atomic E-state index is 0.0538. The van der Waals surface area contributed by atoms with Crippen molar-refractivity contribution in [3.05, 3.63) is 63.0 Å². The fourth-order valence-corrected chi connectivity index (χ4v) is 4.42. The number of halogens is 2. The quantitative estimate of drug-likeness (QED) is 0.601. The lowest BCUT2D eigenvalue weighted by Crippen LogP contribution is -2.21. The summed E-state index contributed by atoms with van der Waals surface area (Å²) in [5, 5.41) is 17.9. The molecule has 0 bridgehead atoms. The van der Waals surface area contributed by atoms with Crippen LogP contribution in [0, 0.1) is 11.3 Å². The Hall–Kier alpha value is -3.54. The van der Waals surface area contributed by atoms with E-state index in [0.29, 0.717) is 44.1 Å². The fourth-order valence-electron chi connectivity index (χ4n) is 3.84. The third-order valence-corrected chi connectivity index (χ3v) is 5.65. The second-order valence-corrected chi connectivity index (χ2v) is 7.66. The average molecular weight is 457 g/mol. The monoisotopic (exact) mass is 456 g/mol. The van der Waals surface area contributed by atoms with E-state index in [1.165, 1.54) is 7.11 Å². The number of hydrogen-bond donors (Lipinski definition) is 2. The molecule has 0 saturated carbocycles. The SMILES string of the molecule is COc1c(Cl)cc(Cl)cc1[C@H]1C(C#N)=C(N)Oc2n[nH]c(-c3ccc4c(c3)OCO4)c21. The Morgan fingerprint density at radius 3 is 2.81 bits per heavy atom. The van der Waals surface area contributed by atoms with Crippen LogP contribution >= 0.6 is 23.2 Å². The third kappa shape index (κ3) is 3.02. The summed E-state index contributed by atoms with van der Waals surface area (Å²) in [6, 6.07) is 10.9. The van der Waals surface area contributed by atoms with Gasteiger partial charge < -0.3 is 24.7 Å². The number of rotatable bonds is 3. The van der Waals surface area contributed by atoms with Gasteiger partial charge in [0.25, 0.3) is 0 Å². The molecule has 3 aromatic rings. The van der Waals surface area contributed by atoms with E-state index < -0.39 is 5.92 Å². The van der Waals surface area contributed by atoms with Gasteiger partial charge in [-0.25, -0.2) is 0 Å². The normalized spacial score (nSPS) is 16.5. The predicted molar refractivity (Wildman–Crippen MR) is 112 cm³/mol. The largest absolute Gasteiger partial charge is 0.495 e. The molecule has 31 heavy (non-hydrogen) atoms. The number of nitrogens with zero attached hydrogens (tertiary/aromatic N) is 2. The topological polar surface area (TPSA) is 115 Å². The van der Waals surface area contributed by atoms with Crippen molar-refractivity contribution in [1.29, 1.82) is 5.26 Å². The highest BCUT2D eigenvalue weighted by atomic mass is 35.5. The van der Waals surface area contributed by atoms with Crippen molar-refractivity contribution in [2.75, 3.05) is 13.9 Å². The lowest BCUT2D eigenvalue weighted by atomic mass is 9.82. The highest BCUT2D eigenvalue weighted by molar-refractivity contribution is 6.35. The molecule has 2 aromatic carbocycles. The van der Waals surface area contributed by atoms with Crippen LogP contribution in [-0.2, 0) is 0 Å². The smallest absolute Gasteiger partial charge is 0.244 e. The standard InChI is InChI=1S/C21H14Cl2N4O4/c1-28-19-11(5-10(22)6-13(19)23)16-12(7-24)20(25)31-21-17(16)18(26-27-21)9-2-3-14-15(4-9)30-8-29-14/h2-6,16H,8,25H2,1H3,(H,26,27)/t16-/m0/s1. The van der Waals surface area contributed by atoms with E-state index in [0.717, 1.165) is 5.56 Å². The first-order chi connectivity index (χ1) is 15.0. The third-order valence-electron chi connectivity index (χ3n) is 5.15. The van der Waals surface area contributed by atoms with Crippen LogP contribution < -0.4 is 24.7 Å². The van der Waals surface area contributed by atoms with Crippen molar-refractivity contribution < 1.29 is 18.9 Å². The first kappa shape index (κ1) is 19.4. The zero-order valence-electron chi connectivity index (χ0n) is 16.0. The molecule has 0 unspecified atom stereocenters. The van der Waals surface area contributed by atoms with E-state index in [1.54, 1.807) is 18.2 Å². The summed E-state index contributed by atoms with van der Waals surface area (Å²) in [6.45, 7) is 0.154. The number of H-pyrrole nitrogens is 1. The van der Waals surface area contributed by atoms with Crippen LogP contribution in [0.1, 0.15) is 17.0 Å². The molecule has 0 saturated heterocycles. The van der Waals surface area contributed by atoms with Gasteiger partial charge in [-0.2, -0.15) is 5.26 Å². The number of benzene rings is 2. The molecule has 0 spiro atoms.